The first-order chi connectivity index (χ1) is 8.72. The van der Waals surface area contributed by atoms with E-state index < -0.39 is 0 Å². The van der Waals surface area contributed by atoms with Crippen LogP contribution in [-0.4, -0.2) is 19.6 Å². The molecule has 6 nitrogen and oxygen atoms in total. The Morgan fingerprint density at radius 1 is 1.28 bits per heavy atom. The van der Waals surface area contributed by atoms with Gasteiger partial charge in [-0.25, -0.2) is 19.3 Å². The number of aromatic nitrogens is 4. The van der Waals surface area contributed by atoms with Gasteiger partial charge in [-0.2, -0.15) is 5.10 Å². The molecule has 0 saturated heterocycles. The van der Waals surface area contributed by atoms with Crippen LogP contribution in [0, 0.1) is 0 Å². The number of hydrogen-bond acceptors (Lipinski definition) is 4. The van der Waals surface area contributed by atoms with E-state index in [0.717, 1.165) is 4.47 Å². The van der Waals surface area contributed by atoms with E-state index in [1.807, 2.05) is 24.3 Å². The van der Waals surface area contributed by atoms with Crippen molar-refractivity contribution in [2.45, 2.75) is 0 Å². The quantitative estimate of drug-likeness (QED) is 0.785. The maximum atomic E-state index is 11.2. The summed E-state index contributed by atoms with van der Waals surface area (Å²) in [6.45, 7) is 0. The van der Waals surface area contributed by atoms with E-state index in [0.29, 0.717) is 17.3 Å². The van der Waals surface area contributed by atoms with Crippen LogP contribution in [0.3, 0.4) is 0 Å². The molecule has 0 amide bonds. The average Bonchev–Trinajstić information content (AvgIpc) is 2.74. The Hall–Kier alpha value is -2.15. The number of aromatic amines is 1. The molecule has 2 aromatic heterocycles. The summed E-state index contributed by atoms with van der Waals surface area (Å²) in [4.78, 5) is 15.3. The summed E-state index contributed by atoms with van der Waals surface area (Å²) in [6.07, 6.45) is 1.37. The van der Waals surface area contributed by atoms with Crippen molar-refractivity contribution in [2.75, 3.05) is 0 Å². The van der Waals surface area contributed by atoms with E-state index in [1.54, 1.807) is 6.07 Å². The molecule has 0 aliphatic rings. The summed E-state index contributed by atoms with van der Waals surface area (Å²) >= 11 is 3.34. The van der Waals surface area contributed by atoms with Crippen molar-refractivity contribution in [3.8, 4) is 11.6 Å². The molecule has 0 aliphatic carbocycles. The molecule has 7 heteroatoms. The van der Waals surface area contributed by atoms with E-state index in [4.69, 9.17) is 4.74 Å². The zero-order valence-electron chi connectivity index (χ0n) is 9.00. The molecule has 18 heavy (non-hydrogen) atoms. The second-order valence-electron chi connectivity index (χ2n) is 3.54. The zero-order chi connectivity index (χ0) is 12.5. The number of H-pyrrole nitrogens is 1. The van der Waals surface area contributed by atoms with Crippen molar-refractivity contribution in [1.29, 1.82) is 0 Å². The predicted octanol–water partition coefficient (Wildman–Crippen LogP) is 1.97. The molecule has 0 saturated carbocycles. The molecule has 0 aliphatic heterocycles. The van der Waals surface area contributed by atoms with Gasteiger partial charge in [-0.1, -0.05) is 15.9 Å². The highest BCUT2D eigenvalue weighted by molar-refractivity contribution is 9.10. The fraction of sp³-hybridized carbons (Fsp3) is 0. The maximum absolute atomic E-state index is 11.2. The van der Waals surface area contributed by atoms with Gasteiger partial charge in [-0.15, -0.1) is 0 Å². The van der Waals surface area contributed by atoms with E-state index in [9.17, 15) is 4.79 Å². The highest BCUT2D eigenvalue weighted by atomic mass is 79.9. The number of halogens is 1. The highest BCUT2D eigenvalue weighted by Gasteiger charge is 2.04. The molecular weight excluding hydrogens is 300 g/mol. The summed E-state index contributed by atoms with van der Waals surface area (Å²) in [7, 11) is 0. The first-order valence-electron chi connectivity index (χ1n) is 5.08. The third-order valence-electron chi connectivity index (χ3n) is 2.32. The van der Waals surface area contributed by atoms with Gasteiger partial charge in [0.25, 0.3) is 0 Å². The molecule has 1 aromatic carbocycles. The minimum atomic E-state index is -0.326. The lowest BCUT2D eigenvalue weighted by atomic mass is 10.3. The summed E-state index contributed by atoms with van der Waals surface area (Å²) in [5.41, 5.74) is 0.134. The van der Waals surface area contributed by atoms with E-state index in [-0.39, 0.29) is 5.69 Å². The van der Waals surface area contributed by atoms with Crippen molar-refractivity contribution in [1.82, 2.24) is 19.6 Å². The Kier molecular flexibility index (Phi) is 2.60. The van der Waals surface area contributed by atoms with Crippen molar-refractivity contribution < 1.29 is 4.74 Å². The van der Waals surface area contributed by atoms with Crippen LogP contribution in [0.2, 0.25) is 0 Å². The van der Waals surface area contributed by atoms with E-state index in [2.05, 4.69) is 31.1 Å². The number of hydrogen-bond donors (Lipinski definition) is 1. The second-order valence-corrected chi connectivity index (χ2v) is 4.46. The topological polar surface area (TPSA) is 72.3 Å². The van der Waals surface area contributed by atoms with Crippen molar-refractivity contribution in [2.24, 2.45) is 0 Å². The largest absolute Gasteiger partial charge is 0.439 e. The van der Waals surface area contributed by atoms with E-state index in [1.165, 1.54) is 10.7 Å². The molecule has 0 spiro atoms. The normalized spacial score (nSPS) is 10.7. The Bertz CT molecular complexity index is 748. The average molecular weight is 307 g/mol. The number of nitrogens with one attached hydrogen (secondary N) is 1. The molecule has 0 bridgehead atoms. The molecule has 3 aromatic rings. The SMILES string of the molecule is O=c1[nH]nc2cc(Oc3ccc(Br)cc3)ncn12. The molecule has 1 N–H and O–H groups in total. The van der Waals surface area contributed by atoms with Crippen LogP contribution in [0.25, 0.3) is 5.65 Å². The summed E-state index contributed by atoms with van der Waals surface area (Å²) in [6, 6.07) is 8.94. The first-order valence-corrected chi connectivity index (χ1v) is 5.88. The minimum Gasteiger partial charge on any atom is -0.439 e. The van der Waals surface area contributed by atoms with Gasteiger partial charge in [0.05, 0.1) is 0 Å². The Balaban J connectivity index is 1.95. The van der Waals surface area contributed by atoms with Crippen molar-refractivity contribution in [3.05, 3.63) is 51.6 Å². The number of benzene rings is 1. The zero-order valence-corrected chi connectivity index (χ0v) is 10.6. The molecule has 0 radical (unpaired) electrons. The lowest BCUT2D eigenvalue weighted by Gasteiger charge is -2.04. The van der Waals surface area contributed by atoms with Gasteiger partial charge in [0.1, 0.15) is 12.1 Å². The van der Waals surface area contributed by atoms with Gasteiger partial charge in [-0.3, -0.25) is 0 Å². The lowest BCUT2D eigenvalue weighted by Crippen LogP contribution is -2.09. The summed E-state index contributed by atoms with van der Waals surface area (Å²) < 4.78 is 7.82. The summed E-state index contributed by atoms with van der Waals surface area (Å²) in [5.74, 6) is 1.04. The molecule has 0 fully saturated rings. The third kappa shape index (κ3) is 2.00. The predicted molar refractivity (Wildman–Crippen MR) is 67.8 cm³/mol. The smallest absolute Gasteiger partial charge is 0.348 e. The standard InChI is InChI=1S/C11H7BrN4O2/c12-7-1-3-8(4-2-7)18-10-5-9-14-15-11(17)16(9)6-13-10/h1-6H,(H,15,17). The van der Waals surface area contributed by atoms with Gasteiger partial charge in [0.2, 0.25) is 5.88 Å². The number of nitrogens with zero attached hydrogens (tertiary/aromatic N) is 3. The molecular formula is C11H7BrN4O2. The van der Waals surface area contributed by atoms with Crippen LogP contribution >= 0.6 is 15.9 Å². The van der Waals surface area contributed by atoms with Crippen LogP contribution in [0.1, 0.15) is 0 Å². The fourth-order valence-corrected chi connectivity index (χ4v) is 1.74. The van der Waals surface area contributed by atoms with Crippen LogP contribution in [-0.2, 0) is 0 Å². The minimum absolute atomic E-state index is 0.326. The number of ether oxygens (including phenoxy) is 1. The summed E-state index contributed by atoms with van der Waals surface area (Å²) in [5, 5.41) is 6.16. The fourth-order valence-electron chi connectivity index (χ4n) is 1.47. The Morgan fingerprint density at radius 2 is 2.06 bits per heavy atom. The van der Waals surface area contributed by atoms with Crippen LogP contribution in [0.4, 0.5) is 0 Å². The lowest BCUT2D eigenvalue weighted by molar-refractivity contribution is 0.461. The maximum Gasteiger partial charge on any atom is 0.348 e. The molecule has 2 heterocycles. The van der Waals surface area contributed by atoms with Gasteiger partial charge in [0.15, 0.2) is 5.65 Å². The third-order valence-corrected chi connectivity index (χ3v) is 2.85. The molecule has 0 unspecified atom stereocenters. The molecule has 90 valence electrons. The highest BCUT2D eigenvalue weighted by Crippen LogP contribution is 2.21. The van der Waals surface area contributed by atoms with Gasteiger partial charge in [-0.05, 0) is 24.3 Å². The molecule has 3 rings (SSSR count). The van der Waals surface area contributed by atoms with Crippen LogP contribution < -0.4 is 10.4 Å². The monoisotopic (exact) mass is 306 g/mol. The molecule has 0 atom stereocenters. The Labute approximate surface area is 109 Å². The van der Waals surface area contributed by atoms with Gasteiger partial charge >= 0.3 is 5.69 Å². The number of rotatable bonds is 2. The number of fused-ring (bicyclic) bond motifs is 1. The second kappa shape index (κ2) is 4.26. The Morgan fingerprint density at radius 3 is 2.83 bits per heavy atom. The van der Waals surface area contributed by atoms with Crippen molar-refractivity contribution >= 4 is 21.6 Å². The first kappa shape index (κ1) is 11.0. The van der Waals surface area contributed by atoms with Crippen LogP contribution in [0.5, 0.6) is 11.6 Å². The van der Waals surface area contributed by atoms with E-state index >= 15 is 0 Å². The van der Waals surface area contributed by atoms with Gasteiger partial charge in [0, 0.05) is 10.5 Å². The van der Waals surface area contributed by atoms with Crippen LogP contribution in [0.15, 0.2) is 45.9 Å². The van der Waals surface area contributed by atoms with Crippen molar-refractivity contribution in [3.63, 3.8) is 0 Å². The van der Waals surface area contributed by atoms with Gasteiger partial charge < -0.3 is 4.74 Å².